The van der Waals surface area contributed by atoms with Crippen molar-refractivity contribution in [3.8, 4) is 28.6 Å². The maximum atomic E-state index is 12.8. The van der Waals surface area contributed by atoms with Crippen molar-refractivity contribution < 1.29 is 63.8 Å². The highest BCUT2D eigenvalue weighted by Crippen LogP contribution is 2.33. The van der Waals surface area contributed by atoms with E-state index >= 15 is 0 Å². The van der Waals surface area contributed by atoms with Crippen molar-refractivity contribution in [2.75, 3.05) is 13.7 Å². The third-order valence-corrected chi connectivity index (χ3v) is 7.32. The van der Waals surface area contributed by atoms with Crippen LogP contribution in [0.2, 0.25) is 0 Å². The second kappa shape index (κ2) is 12.1. The van der Waals surface area contributed by atoms with Crippen molar-refractivity contribution in [1.82, 2.24) is 0 Å². The first kappa shape index (κ1) is 30.2. The molecule has 1 aromatic heterocycles. The summed E-state index contributed by atoms with van der Waals surface area (Å²) in [5, 5.41) is 71.8. The third kappa shape index (κ3) is 5.81. The molecule has 3 heterocycles. The van der Waals surface area contributed by atoms with Gasteiger partial charge < -0.3 is 63.8 Å². The van der Waals surface area contributed by atoms with Crippen molar-refractivity contribution in [3.63, 3.8) is 0 Å². The first-order valence-electron chi connectivity index (χ1n) is 13.1. The van der Waals surface area contributed by atoms with E-state index in [0.717, 1.165) is 0 Å². The number of phenols is 1. The van der Waals surface area contributed by atoms with E-state index in [9.17, 15) is 40.5 Å². The molecule has 0 amide bonds. The predicted molar refractivity (Wildman–Crippen MR) is 142 cm³/mol. The Balaban J connectivity index is 1.33. The summed E-state index contributed by atoms with van der Waals surface area (Å²) in [6, 6.07) is 9.98. The number of phenolic OH excluding ortho intramolecular Hbond substituents is 1. The van der Waals surface area contributed by atoms with Crippen molar-refractivity contribution in [1.29, 1.82) is 0 Å². The molecule has 3 aromatic rings. The molecule has 5 rings (SSSR count). The average molecular weight is 593 g/mol. The Bertz CT molecular complexity index is 1460. The van der Waals surface area contributed by atoms with Gasteiger partial charge in [0.05, 0.1) is 25.2 Å². The lowest BCUT2D eigenvalue weighted by molar-refractivity contribution is -0.340. The van der Waals surface area contributed by atoms with Gasteiger partial charge in [0.1, 0.15) is 59.8 Å². The van der Waals surface area contributed by atoms with Crippen LogP contribution >= 0.6 is 0 Å². The van der Waals surface area contributed by atoms with Gasteiger partial charge >= 0.3 is 0 Å². The van der Waals surface area contributed by atoms with E-state index in [0.29, 0.717) is 5.56 Å². The van der Waals surface area contributed by atoms with E-state index in [1.165, 1.54) is 50.4 Å². The maximum absolute atomic E-state index is 12.8. The summed E-state index contributed by atoms with van der Waals surface area (Å²) in [5.74, 6) is 0.321. The van der Waals surface area contributed by atoms with Gasteiger partial charge in [-0.25, -0.2) is 0 Å². The third-order valence-electron chi connectivity index (χ3n) is 7.32. The van der Waals surface area contributed by atoms with Crippen LogP contribution in [0.3, 0.4) is 0 Å². The molecule has 14 nitrogen and oxygen atoms in total. The van der Waals surface area contributed by atoms with Crippen LogP contribution in [0, 0.1) is 0 Å². The van der Waals surface area contributed by atoms with Crippen LogP contribution in [-0.4, -0.2) is 111 Å². The fraction of sp³-hybridized carbons (Fsp3) is 0.464. The first-order chi connectivity index (χ1) is 20.0. The van der Waals surface area contributed by atoms with Crippen molar-refractivity contribution in [2.24, 2.45) is 0 Å². The molecule has 2 aliphatic heterocycles. The summed E-state index contributed by atoms with van der Waals surface area (Å²) >= 11 is 0. The van der Waals surface area contributed by atoms with Crippen LogP contribution in [0.25, 0.3) is 22.3 Å². The molecular formula is C28H32O14. The molecular weight excluding hydrogens is 560 g/mol. The lowest BCUT2D eigenvalue weighted by Gasteiger charge is -2.42. The highest BCUT2D eigenvalue weighted by atomic mass is 16.8. The molecule has 228 valence electrons. The monoisotopic (exact) mass is 592 g/mol. The molecule has 10 atom stereocenters. The van der Waals surface area contributed by atoms with Crippen LogP contribution in [-0.2, 0) is 14.2 Å². The number of methoxy groups -OCH3 is 1. The Labute approximate surface area is 238 Å². The molecule has 0 radical (unpaired) electrons. The lowest BCUT2D eigenvalue weighted by Crippen LogP contribution is -2.61. The second-order valence-corrected chi connectivity index (χ2v) is 10.2. The van der Waals surface area contributed by atoms with Crippen molar-refractivity contribution in [2.45, 2.75) is 68.3 Å². The molecule has 42 heavy (non-hydrogen) atoms. The predicted octanol–water partition coefficient (Wildman–Crippen LogP) is -0.795. The van der Waals surface area contributed by atoms with Crippen LogP contribution in [0.15, 0.2) is 51.7 Å². The van der Waals surface area contributed by atoms with Gasteiger partial charge in [-0.3, -0.25) is 4.79 Å². The summed E-state index contributed by atoms with van der Waals surface area (Å²) in [6.45, 7) is 1.09. The molecule has 2 aliphatic rings. The van der Waals surface area contributed by atoms with Gasteiger partial charge in [-0.2, -0.15) is 0 Å². The van der Waals surface area contributed by atoms with Crippen LogP contribution < -0.4 is 14.9 Å². The summed E-state index contributed by atoms with van der Waals surface area (Å²) in [4.78, 5) is 12.8. The lowest BCUT2D eigenvalue weighted by atomic mass is 9.96. The largest absolute Gasteiger partial charge is 0.504 e. The number of aliphatic hydroxyl groups is 6. The summed E-state index contributed by atoms with van der Waals surface area (Å²) in [7, 11) is 1.40. The zero-order valence-corrected chi connectivity index (χ0v) is 22.5. The number of aromatic hydroxyl groups is 1. The van der Waals surface area contributed by atoms with E-state index < -0.39 is 68.0 Å². The molecule has 2 saturated heterocycles. The van der Waals surface area contributed by atoms with Crippen LogP contribution in [0.4, 0.5) is 0 Å². The minimum atomic E-state index is -1.76. The Morgan fingerprint density at radius 2 is 1.52 bits per heavy atom. The van der Waals surface area contributed by atoms with Crippen molar-refractivity contribution >= 4 is 11.0 Å². The number of benzene rings is 2. The molecule has 0 aliphatic carbocycles. The number of fused-ring (bicyclic) bond motifs is 1. The Morgan fingerprint density at radius 1 is 0.810 bits per heavy atom. The highest BCUT2D eigenvalue weighted by molar-refractivity contribution is 5.80. The minimum Gasteiger partial charge on any atom is -0.504 e. The molecule has 0 saturated carbocycles. The van der Waals surface area contributed by atoms with Gasteiger partial charge in [0.15, 0.2) is 23.2 Å². The quantitative estimate of drug-likeness (QED) is 0.179. The van der Waals surface area contributed by atoms with Gasteiger partial charge in [-0.15, -0.1) is 0 Å². The molecule has 0 unspecified atom stereocenters. The fourth-order valence-electron chi connectivity index (χ4n) is 4.84. The van der Waals surface area contributed by atoms with Crippen molar-refractivity contribution in [3.05, 3.63) is 52.7 Å². The fourth-order valence-corrected chi connectivity index (χ4v) is 4.84. The van der Waals surface area contributed by atoms with E-state index in [1.54, 1.807) is 6.07 Å². The van der Waals surface area contributed by atoms with Gasteiger partial charge in [0.25, 0.3) is 0 Å². The highest BCUT2D eigenvalue weighted by Gasteiger charge is 2.47. The van der Waals surface area contributed by atoms with E-state index in [2.05, 4.69) is 0 Å². The first-order valence-corrected chi connectivity index (χ1v) is 13.1. The molecule has 14 heteroatoms. The Morgan fingerprint density at radius 3 is 2.24 bits per heavy atom. The zero-order valence-electron chi connectivity index (χ0n) is 22.5. The average Bonchev–Trinajstić information content (AvgIpc) is 2.97. The second-order valence-electron chi connectivity index (χ2n) is 10.2. The Kier molecular flexibility index (Phi) is 8.71. The van der Waals surface area contributed by atoms with Crippen LogP contribution in [0.5, 0.6) is 17.2 Å². The van der Waals surface area contributed by atoms with E-state index in [-0.39, 0.29) is 39.4 Å². The molecule has 7 N–H and O–H groups in total. The van der Waals surface area contributed by atoms with Gasteiger partial charge in [-0.1, -0.05) is 0 Å². The van der Waals surface area contributed by atoms with Gasteiger partial charge in [0, 0.05) is 17.7 Å². The number of hydrogen-bond donors (Lipinski definition) is 7. The number of hydrogen-bond acceptors (Lipinski definition) is 14. The Hall–Kier alpha value is -3.31. The van der Waals surface area contributed by atoms with Crippen LogP contribution in [0.1, 0.15) is 6.92 Å². The smallest absolute Gasteiger partial charge is 0.231 e. The minimum absolute atomic E-state index is 0.0729. The summed E-state index contributed by atoms with van der Waals surface area (Å²) in [6.07, 6.45) is -14.5. The van der Waals surface area contributed by atoms with E-state index in [4.69, 9.17) is 28.1 Å². The summed E-state index contributed by atoms with van der Waals surface area (Å²) in [5.41, 5.74) is 0.153. The zero-order chi connectivity index (χ0) is 30.3. The van der Waals surface area contributed by atoms with E-state index in [1.807, 2.05) is 0 Å². The number of ether oxygens (including phenoxy) is 5. The number of aliphatic hydroxyl groups excluding tert-OH is 6. The SMILES string of the molecule is COc1ccc(-c2cc(=O)c3ccc(O[C@@H]4O[C@H](OC[C@H]5O[C@H](C)[C@@H](O)[C@H](O)[C@@H]5O)[C@@H](O)[C@H](O)[C@H]4O)cc3o2)cc1O. The molecule has 2 aromatic carbocycles. The molecule has 0 bridgehead atoms. The molecule has 2 fully saturated rings. The standard InChI is InChI=1S/C28H32O14/c1-11-21(31)23(33)22(32)20(39-11)10-38-27-25(35)24(34)26(36)28(42-27)40-13-4-5-14-15(29)9-18(41-19(14)8-13)12-3-6-17(37-2)16(30)7-12/h3-9,11,20-28,30-36H,10H2,1-2H3/t11-,20-,21-,22-,23+,24+,25+,26-,27+,28-/m1/s1. The molecule has 0 spiro atoms. The normalized spacial score (nSPS) is 33.4. The number of rotatable bonds is 7. The van der Waals surface area contributed by atoms with Gasteiger partial charge in [0.2, 0.25) is 6.29 Å². The summed E-state index contributed by atoms with van der Waals surface area (Å²) < 4.78 is 33.2. The van der Waals surface area contributed by atoms with Gasteiger partial charge in [-0.05, 0) is 37.3 Å². The topological polar surface area (TPSA) is 218 Å². The maximum Gasteiger partial charge on any atom is 0.231 e.